The Kier molecular flexibility index (Phi) is 5.40. The van der Waals surface area contributed by atoms with Gasteiger partial charge in [-0.15, -0.1) is 0 Å². The van der Waals surface area contributed by atoms with Crippen molar-refractivity contribution >= 4 is 40.5 Å². The zero-order valence-corrected chi connectivity index (χ0v) is 13.5. The van der Waals surface area contributed by atoms with Crippen LogP contribution < -0.4 is 15.4 Å². The van der Waals surface area contributed by atoms with Gasteiger partial charge in [-0.25, -0.2) is 0 Å². The first-order valence-corrected chi connectivity index (χ1v) is 7.13. The van der Waals surface area contributed by atoms with E-state index < -0.39 is 16.7 Å². The fourth-order valence-electron chi connectivity index (χ4n) is 1.87. The van der Waals surface area contributed by atoms with Crippen LogP contribution in [0.1, 0.15) is 0 Å². The molecule has 0 bridgehead atoms. The van der Waals surface area contributed by atoms with Crippen LogP contribution in [-0.4, -0.2) is 29.0 Å². The number of nitrogens with zero attached hydrogens (tertiary/aromatic N) is 1. The van der Waals surface area contributed by atoms with Crippen molar-refractivity contribution in [2.45, 2.75) is 0 Å². The van der Waals surface area contributed by atoms with Crippen LogP contribution in [0.3, 0.4) is 0 Å². The number of nitro benzene ring substituents is 1. The smallest absolute Gasteiger partial charge is 0.314 e. The number of phenols is 1. The summed E-state index contributed by atoms with van der Waals surface area (Å²) in [5.41, 5.74) is -0.394. The Hall–Kier alpha value is -3.33. The number of carbonyl (C=O) groups is 2. The minimum Gasteiger partial charge on any atom is -0.506 e. The number of hydrogen-bond acceptors (Lipinski definition) is 6. The van der Waals surface area contributed by atoms with Crippen molar-refractivity contribution in [3.05, 3.63) is 51.5 Å². The van der Waals surface area contributed by atoms with Gasteiger partial charge in [0.15, 0.2) is 0 Å². The molecule has 0 aliphatic carbocycles. The van der Waals surface area contributed by atoms with Crippen molar-refractivity contribution in [1.82, 2.24) is 0 Å². The Morgan fingerprint density at radius 3 is 2.36 bits per heavy atom. The lowest BCUT2D eigenvalue weighted by molar-refractivity contribution is -0.384. The Balaban J connectivity index is 2.18. The summed E-state index contributed by atoms with van der Waals surface area (Å²) in [6, 6.07) is 7.45. The summed E-state index contributed by atoms with van der Waals surface area (Å²) in [5.74, 6) is -2.36. The normalized spacial score (nSPS) is 10.0. The number of anilines is 2. The molecule has 0 fully saturated rings. The Morgan fingerprint density at radius 2 is 1.76 bits per heavy atom. The highest BCUT2D eigenvalue weighted by Crippen LogP contribution is 2.29. The third kappa shape index (κ3) is 4.36. The number of rotatable bonds is 4. The molecule has 0 aliphatic heterocycles. The Morgan fingerprint density at radius 1 is 1.12 bits per heavy atom. The molecule has 0 saturated carbocycles. The number of nitrogens with one attached hydrogen (secondary N) is 2. The lowest BCUT2D eigenvalue weighted by Gasteiger charge is -2.11. The molecule has 0 saturated heterocycles. The van der Waals surface area contributed by atoms with Gasteiger partial charge < -0.3 is 20.5 Å². The first-order chi connectivity index (χ1) is 11.8. The molecular formula is C15H12ClN3O6. The van der Waals surface area contributed by atoms with Gasteiger partial charge in [-0.3, -0.25) is 19.7 Å². The van der Waals surface area contributed by atoms with Crippen LogP contribution in [0.2, 0.25) is 5.02 Å². The van der Waals surface area contributed by atoms with E-state index in [1.165, 1.54) is 37.4 Å². The van der Waals surface area contributed by atoms with Gasteiger partial charge in [-0.05, 0) is 24.3 Å². The highest BCUT2D eigenvalue weighted by Gasteiger charge is 2.19. The second kappa shape index (κ2) is 7.49. The predicted molar refractivity (Wildman–Crippen MR) is 90.0 cm³/mol. The number of phenolic OH excluding ortho intramolecular Hbond substituents is 1. The van der Waals surface area contributed by atoms with Crippen molar-refractivity contribution < 1.29 is 24.4 Å². The van der Waals surface area contributed by atoms with E-state index in [2.05, 4.69) is 10.6 Å². The zero-order valence-electron chi connectivity index (χ0n) is 12.8. The molecule has 10 heteroatoms. The predicted octanol–water partition coefficient (Wildman–Crippen LogP) is 2.54. The molecule has 0 unspecified atom stereocenters. The van der Waals surface area contributed by atoms with Gasteiger partial charge in [0.25, 0.3) is 5.69 Å². The number of halogens is 1. The van der Waals surface area contributed by atoms with Crippen LogP contribution in [0.5, 0.6) is 11.5 Å². The van der Waals surface area contributed by atoms with Crippen LogP contribution in [0.15, 0.2) is 36.4 Å². The molecule has 2 amide bonds. The number of nitro groups is 1. The van der Waals surface area contributed by atoms with E-state index in [1.807, 2.05) is 0 Å². The molecule has 25 heavy (non-hydrogen) atoms. The summed E-state index contributed by atoms with van der Waals surface area (Å²) in [6.45, 7) is 0. The minimum absolute atomic E-state index is 0.0489. The third-order valence-corrected chi connectivity index (χ3v) is 3.29. The minimum atomic E-state index is -1.11. The van der Waals surface area contributed by atoms with Crippen LogP contribution in [0.25, 0.3) is 0 Å². The van der Waals surface area contributed by atoms with E-state index in [4.69, 9.17) is 16.3 Å². The maximum absolute atomic E-state index is 12.0. The number of carbonyl (C=O) groups excluding carboxylic acids is 2. The SMILES string of the molecule is COc1ccc([N+](=O)[O-])cc1NC(=O)C(=O)Nc1cc(Cl)ccc1O. The second-order valence-electron chi connectivity index (χ2n) is 4.71. The second-order valence-corrected chi connectivity index (χ2v) is 5.15. The summed E-state index contributed by atoms with van der Waals surface area (Å²) in [4.78, 5) is 34.1. The molecule has 130 valence electrons. The van der Waals surface area contributed by atoms with Gasteiger partial charge in [-0.1, -0.05) is 11.6 Å². The molecule has 2 aromatic carbocycles. The largest absolute Gasteiger partial charge is 0.506 e. The summed E-state index contributed by atoms with van der Waals surface area (Å²) in [5, 5.41) is 25.1. The molecule has 9 nitrogen and oxygen atoms in total. The van der Waals surface area contributed by atoms with Crippen molar-refractivity contribution in [1.29, 1.82) is 0 Å². The van der Waals surface area contributed by atoms with Gasteiger partial charge in [0.05, 0.1) is 23.4 Å². The highest BCUT2D eigenvalue weighted by molar-refractivity contribution is 6.44. The maximum atomic E-state index is 12.0. The molecular weight excluding hydrogens is 354 g/mol. The van der Waals surface area contributed by atoms with E-state index >= 15 is 0 Å². The van der Waals surface area contributed by atoms with Crippen molar-refractivity contribution in [2.75, 3.05) is 17.7 Å². The van der Waals surface area contributed by atoms with E-state index in [0.717, 1.165) is 6.07 Å². The molecule has 0 spiro atoms. The van der Waals surface area contributed by atoms with Crippen molar-refractivity contribution in [3.8, 4) is 11.5 Å². The number of non-ortho nitro benzene ring substituents is 1. The lowest BCUT2D eigenvalue weighted by atomic mass is 10.2. The van der Waals surface area contributed by atoms with Gasteiger partial charge >= 0.3 is 11.8 Å². The van der Waals surface area contributed by atoms with Crippen LogP contribution >= 0.6 is 11.6 Å². The van der Waals surface area contributed by atoms with Gasteiger partial charge in [0.1, 0.15) is 11.5 Å². The molecule has 2 rings (SSSR count). The Bertz CT molecular complexity index is 855. The van der Waals surface area contributed by atoms with Crippen LogP contribution in [-0.2, 0) is 9.59 Å². The lowest BCUT2D eigenvalue weighted by Crippen LogP contribution is -2.29. The third-order valence-electron chi connectivity index (χ3n) is 3.06. The van der Waals surface area contributed by atoms with Crippen molar-refractivity contribution in [2.24, 2.45) is 0 Å². The van der Waals surface area contributed by atoms with E-state index in [1.54, 1.807) is 0 Å². The molecule has 2 aromatic rings. The van der Waals surface area contributed by atoms with E-state index in [9.17, 15) is 24.8 Å². The monoisotopic (exact) mass is 365 g/mol. The topological polar surface area (TPSA) is 131 Å². The van der Waals surface area contributed by atoms with Gasteiger partial charge in [0, 0.05) is 17.2 Å². The number of aromatic hydroxyl groups is 1. The molecule has 0 heterocycles. The highest BCUT2D eigenvalue weighted by atomic mass is 35.5. The first-order valence-electron chi connectivity index (χ1n) is 6.75. The number of amides is 2. The summed E-state index contributed by atoms with van der Waals surface area (Å²) in [6.07, 6.45) is 0. The average molecular weight is 366 g/mol. The van der Waals surface area contributed by atoms with Crippen molar-refractivity contribution in [3.63, 3.8) is 0 Å². The standard InChI is InChI=1S/C15H12ClN3O6/c1-25-13-5-3-9(19(23)24)7-11(13)18-15(22)14(21)17-10-6-8(16)2-4-12(10)20/h2-7,20H,1H3,(H,17,21)(H,18,22). The fraction of sp³-hybridized carbons (Fsp3) is 0.0667. The molecule has 0 aliphatic rings. The average Bonchev–Trinajstić information content (AvgIpc) is 2.57. The number of benzene rings is 2. The van der Waals surface area contributed by atoms with E-state index in [-0.39, 0.29) is 33.6 Å². The fourth-order valence-corrected chi connectivity index (χ4v) is 2.05. The summed E-state index contributed by atoms with van der Waals surface area (Å²) < 4.78 is 4.99. The quantitative estimate of drug-likeness (QED) is 0.330. The number of hydrogen-bond donors (Lipinski definition) is 3. The van der Waals surface area contributed by atoms with E-state index in [0.29, 0.717) is 0 Å². The molecule has 0 aromatic heterocycles. The zero-order chi connectivity index (χ0) is 18.6. The maximum Gasteiger partial charge on any atom is 0.314 e. The molecule has 3 N–H and O–H groups in total. The van der Waals surface area contributed by atoms with Crippen LogP contribution in [0.4, 0.5) is 17.1 Å². The number of ether oxygens (including phenoxy) is 1. The summed E-state index contributed by atoms with van der Waals surface area (Å²) >= 11 is 5.75. The first kappa shape index (κ1) is 18.0. The number of methoxy groups -OCH3 is 1. The van der Waals surface area contributed by atoms with Crippen LogP contribution in [0, 0.1) is 10.1 Å². The van der Waals surface area contributed by atoms with Gasteiger partial charge in [-0.2, -0.15) is 0 Å². The summed E-state index contributed by atoms with van der Waals surface area (Å²) in [7, 11) is 1.31. The molecule has 0 atom stereocenters. The Labute approximate surface area is 146 Å². The molecule has 0 radical (unpaired) electrons. The van der Waals surface area contributed by atoms with Gasteiger partial charge in [0.2, 0.25) is 0 Å².